The molecule has 16 heavy (non-hydrogen) atoms. The third kappa shape index (κ3) is 4.16. The molecule has 1 aromatic rings. The van der Waals surface area contributed by atoms with E-state index in [1.165, 1.54) is 6.20 Å². The molecule has 5 heteroatoms. The molecule has 88 valence electrons. The molecule has 0 fully saturated rings. The maximum Gasteiger partial charge on any atom is 0.408 e. The first-order valence-corrected chi connectivity index (χ1v) is 5.04. The van der Waals surface area contributed by atoms with Crippen LogP contribution in [0.15, 0.2) is 24.4 Å². The average Bonchev–Trinajstić information content (AvgIpc) is 2.14. The van der Waals surface area contributed by atoms with Crippen molar-refractivity contribution in [3.63, 3.8) is 0 Å². The predicted molar refractivity (Wildman–Crippen MR) is 56.9 cm³/mol. The fourth-order valence-electron chi connectivity index (χ4n) is 1.09. The molecule has 0 aliphatic carbocycles. The first kappa shape index (κ1) is 12.3. The van der Waals surface area contributed by atoms with Gasteiger partial charge in [-0.15, -0.1) is 0 Å². The number of amides is 1. The number of pyridine rings is 1. The molecule has 0 spiro atoms. The Morgan fingerprint density at radius 1 is 1.50 bits per heavy atom. The summed E-state index contributed by atoms with van der Waals surface area (Å²) < 4.78 is 6.01. The van der Waals surface area contributed by atoms with Gasteiger partial charge < -0.3 is 10.1 Å². The van der Waals surface area contributed by atoms with Gasteiger partial charge in [-0.05, 0) is 26.8 Å². The molecular weight excluding hydrogens is 208 g/mol. The molecule has 1 amide bonds. The van der Waals surface area contributed by atoms with Crippen LogP contribution in [0.3, 0.4) is 0 Å². The van der Waals surface area contributed by atoms with Gasteiger partial charge >= 0.3 is 6.09 Å². The Bertz CT molecular complexity index is 372. The van der Waals surface area contributed by atoms with Gasteiger partial charge in [-0.2, -0.15) is 0 Å². The van der Waals surface area contributed by atoms with Gasteiger partial charge in [0.1, 0.15) is 12.1 Å². The molecular formula is C11H17N2O3+. The van der Waals surface area contributed by atoms with Crippen LogP contribution in [0.25, 0.3) is 0 Å². The number of nitrogens with zero attached hydrogens (tertiary/aromatic N) is 1. The summed E-state index contributed by atoms with van der Waals surface area (Å²) in [6.07, 6.45) is 0.989. The topological polar surface area (TPSA) is 62.4 Å². The number of rotatable bonds is 2. The zero-order chi connectivity index (χ0) is 12.2. The van der Waals surface area contributed by atoms with Gasteiger partial charge in [0, 0.05) is 16.9 Å². The largest absolute Gasteiger partial charge is 0.444 e. The van der Waals surface area contributed by atoms with Crippen molar-refractivity contribution < 1.29 is 19.5 Å². The van der Waals surface area contributed by atoms with Crippen molar-refractivity contribution in [2.45, 2.75) is 32.9 Å². The molecule has 5 nitrogen and oxygen atoms in total. The molecule has 1 rings (SSSR count). The number of aromatic nitrogens is 1. The molecule has 0 unspecified atom stereocenters. The minimum atomic E-state index is -0.518. The molecule has 0 bridgehead atoms. The van der Waals surface area contributed by atoms with Gasteiger partial charge in [0.15, 0.2) is 0 Å². The van der Waals surface area contributed by atoms with E-state index in [0.717, 1.165) is 4.73 Å². The lowest BCUT2D eigenvalue weighted by atomic mass is 10.2. The second-order valence-electron chi connectivity index (χ2n) is 4.39. The summed E-state index contributed by atoms with van der Waals surface area (Å²) in [5, 5.41) is 11.9. The Kier molecular flexibility index (Phi) is 3.71. The maximum atomic E-state index is 11.3. The first-order chi connectivity index (χ1) is 7.38. The summed E-state index contributed by atoms with van der Waals surface area (Å²) >= 11 is 0. The molecule has 0 aromatic carbocycles. The number of ether oxygens (including phenoxy) is 1. The van der Waals surface area contributed by atoms with E-state index in [4.69, 9.17) is 4.74 Å². The molecule has 0 atom stereocenters. The molecule has 0 aliphatic heterocycles. The summed E-state index contributed by atoms with van der Waals surface area (Å²) in [4.78, 5) is 11.3. The van der Waals surface area contributed by atoms with E-state index < -0.39 is 11.7 Å². The Labute approximate surface area is 94.6 Å². The average molecular weight is 225 g/mol. The van der Waals surface area contributed by atoms with Crippen molar-refractivity contribution >= 4 is 6.09 Å². The van der Waals surface area contributed by atoms with Crippen LogP contribution in [0.1, 0.15) is 26.5 Å². The Hall–Kier alpha value is -1.78. The van der Waals surface area contributed by atoms with Crippen LogP contribution in [0.5, 0.6) is 0 Å². The first-order valence-electron chi connectivity index (χ1n) is 5.04. The van der Waals surface area contributed by atoms with Crippen LogP contribution in [0, 0.1) is 0 Å². The van der Waals surface area contributed by atoms with Crippen LogP contribution in [-0.2, 0) is 11.3 Å². The van der Waals surface area contributed by atoms with Crippen LogP contribution in [0.2, 0.25) is 0 Å². The van der Waals surface area contributed by atoms with Crippen molar-refractivity contribution in [1.82, 2.24) is 5.32 Å². The van der Waals surface area contributed by atoms with Crippen LogP contribution >= 0.6 is 0 Å². The van der Waals surface area contributed by atoms with Gasteiger partial charge in [0.25, 0.3) is 5.69 Å². The number of carbonyl (C=O) groups is 1. The molecule has 0 aliphatic rings. The second-order valence-corrected chi connectivity index (χ2v) is 4.39. The monoisotopic (exact) mass is 225 g/mol. The van der Waals surface area contributed by atoms with E-state index in [0.29, 0.717) is 5.69 Å². The molecule has 1 heterocycles. The van der Waals surface area contributed by atoms with Gasteiger partial charge in [-0.3, -0.25) is 5.21 Å². The number of hydrogen-bond acceptors (Lipinski definition) is 3. The summed E-state index contributed by atoms with van der Waals surface area (Å²) in [6.45, 7) is 5.59. The zero-order valence-corrected chi connectivity index (χ0v) is 9.73. The summed E-state index contributed by atoms with van der Waals surface area (Å²) in [7, 11) is 0. The van der Waals surface area contributed by atoms with Gasteiger partial charge in [0.2, 0.25) is 6.20 Å². The highest BCUT2D eigenvalue weighted by Gasteiger charge is 2.17. The van der Waals surface area contributed by atoms with Crippen LogP contribution in [-0.4, -0.2) is 16.9 Å². The standard InChI is InChI=1S/C11H16N2O3/c1-11(2,3)16-10(14)12-8-9-6-4-5-7-13(9)15/h4-7H,8H2,1-3H3,(H-,12,14,15)/p+1. The van der Waals surface area contributed by atoms with Crippen LogP contribution in [0.4, 0.5) is 4.79 Å². The lowest BCUT2D eigenvalue weighted by molar-refractivity contribution is -0.909. The second kappa shape index (κ2) is 4.83. The number of hydrogen-bond donors (Lipinski definition) is 2. The SMILES string of the molecule is CC(C)(C)OC(=O)NCc1cccc[n+]1O. The van der Waals surface area contributed by atoms with Gasteiger partial charge in [-0.25, -0.2) is 4.79 Å². The minimum Gasteiger partial charge on any atom is -0.444 e. The minimum absolute atomic E-state index is 0.215. The predicted octanol–water partition coefficient (Wildman–Crippen LogP) is 1.24. The lowest BCUT2D eigenvalue weighted by Crippen LogP contribution is -2.39. The van der Waals surface area contributed by atoms with E-state index >= 15 is 0 Å². The number of carbonyl (C=O) groups excluding carboxylic acids is 1. The van der Waals surface area contributed by atoms with Crippen molar-refractivity contribution in [3.05, 3.63) is 30.1 Å². The Morgan fingerprint density at radius 2 is 2.19 bits per heavy atom. The molecule has 2 N–H and O–H groups in total. The van der Waals surface area contributed by atoms with Gasteiger partial charge in [0.05, 0.1) is 0 Å². The molecule has 0 radical (unpaired) electrons. The van der Waals surface area contributed by atoms with E-state index in [1.807, 2.05) is 0 Å². The Balaban J connectivity index is 2.47. The highest BCUT2D eigenvalue weighted by atomic mass is 16.6. The summed E-state index contributed by atoms with van der Waals surface area (Å²) in [5.74, 6) is 0. The smallest absolute Gasteiger partial charge is 0.408 e. The van der Waals surface area contributed by atoms with Crippen molar-refractivity contribution in [1.29, 1.82) is 0 Å². The van der Waals surface area contributed by atoms with E-state index in [2.05, 4.69) is 5.32 Å². The van der Waals surface area contributed by atoms with E-state index in [-0.39, 0.29) is 6.54 Å². The van der Waals surface area contributed by atoms with Crippen molar-refractivity contribution in [2.75, 3.05) is 0 Å². The fourth-order valence-corrected chi connectivity index (χ4v) is 1.09. The summed E-state index contributed by atoms with van der Waals surface area (Å²) in [6, 6.07) is 5.17. The molecule has 0 saturated carbocycles. The highest BCUT2D eigenvalue weighted by Crippen LogP contribution is 2.06. The molecule has 1 aromatic heterocycles. The Morgan fingerprint density at radius 3 is 2.75 bits per heavy atom. The number of alkyl carbamates (subject to hydrolysis) is 1. The lowest BCUT2D eigenvalue weighted by Gasteiger charge is -2.19. The third-order valence-corrected chi connectivity index (χ3v) is 1.73. The van der Waals surface area contributed by atoms with Crippen molar-refractivity contribution in [3.8, 4) is 0 Å². The third-order valence-electron chi connectivity index (χ3n) is 1.73. The van der Waals surface area contributed by atoms with Crippen LogP contribution < -0.4 is 10.0 Å². The zero-order valence-electron chi connectivity index (χ0n) is 9.73. The maximum absolute atomic E-state index is 11.3. The fraction of sp³-hybridized carbons (Fsp3) is 0.455. The molecule has 0 saturated heterocycles. The number of nitrogens with one attached hydrogen (secondary N) is 1. The normalized spacial score (nSPS) is 10.9. The van der Waals surface area contributed by atoms with Gasteiger partial charge in [-0.1, -0.05) is 0 Å². The van der Waals surface area contributed by atoms with Crippen molar-refractivity contribution in [2.24, 2.45) is 0 Å². The van der Waals surface area contributed by atoms with E-state index in [1.54, 1.807) is 39.0 Å². The quantitative estimate of drug-likeness (QED) is 0.588. The summed E-state index contributed by atoms with van der Waals surface area (Å²) in [5.41, 5.74) is 0.0593. The van der Waals surface area contributed by atoms with E-state index in [9.17, 15) is 10.0 Å². The highest BCUT2D eigenvalue weighted by molar-refractivity contribution is 5.67.